The monoisotopic (exact) mass is 239 g/mol. The molecule has 2 N–H and O–H groups in total. The molecular formula is C12H17NO4. The summed E-state index contributed by atoms with van der Waals surface area (Å²) in [6, 6.07) is 0. The number of carboxylic acid groups (broad SMARTS) is 1. The van der Waals surface area contributed by atoms with Gasteiger partial charge in [0.05, 0.1) is 6.54 Å². The summed E-state index contributed by atoms with van der Waals surface area (Å²) in [5.41, 5.74) is 0.458. The normalized spacial score (nSPS) is 18.4. The van der Waals surface area contributed by atoms with Gasteiger partial charge in [-0.05, 0) is 18.8 Å². The van der Waals surface area contributed by atoms with E-state index in [-0.39, 0.29) is 11.9 Å². The van der Waals surface area contributed by atoms with Crippen LogP contribution < -0.4 is 10.1 Å². The topological polar surface area (TPSA) is 71.7 Å². The molecule has 0 aliphatic carbocycles. The van der Waals surface area contributed by atoms with Gasteiger partial charge in [-0.15, -0.1) is 0 Å². The minimum atomic E-state index is -1.08. The maximum Gasteiger partial charge on any atom is 0.374 e. The van der Waals surface area contributed by atoms with E-state index in [2.05, 4.69) is 19.2 Å². The van der Waals surface area contributed by atoms with Crippen molar-refractivity contribution in [3.05, 3.63) is 12.0 Å². The van der Waals surface area contributed by atoms with Crippen LogP contribution in [0, 0.1) is 5.92 Å². The third-order valence-electron chi connectivity index (χ3n) is 3.28. The molecule has 0 saturated carbocycles. The number of hydrogen-bond acceptors (Lipinski definition) is 4. The fourth-order valence-electron chi connectivity index (χ4n) is 2.24. The number of ether oxygens (including phenoxy) is 1. The molecule has 0 saturated heterocycles. The van der Waals surface area contributed by atoms with Gasteiger partial charge in [0, 0.05) is 0 Å². The van der Waals surface area contributed by atoms with E-state index >= 15 is 0 Å². The Hall–Kier alpha value is -1.65. The van der Waals surface area contributed by atoms with Crippen LogP contribution in [0.25, 0.3) is 0 Å². The zero-order valence-electron chi connectivity index (χ0n) is 10.0. The van der Waals surface area contributed by atoms with E-state index in [9.17, 15) is 4.79 Å². The first-order chi connectivity index (χ1) is 8.17. The molecule has 1 aromatic rings. The van der Waals surface area contributed by atoms with Crippen molar-refractivity contribution < 1.29 is 19.1 Å². The van der Waals surface area contributed by atoms with Crippen molar-refractivity contribution in [3.8, 4) is 5.75 Å². The largest absolute Gasteiger partial charge is 0.483 e. The van der Waals surface area contributed by atoms with Crippen LogP contribution >= 0.6 is 0 Å². The highest BCUT2D eigenvalue weighted by Gasteiger charge is 2.30. The fourth-order valence-corrected chi connectivity index (χ4v) is 2.24. The molecule has 1 aromatic heterocycles. The van der Waals surface area contributed by atoms with E-state index in [0.29, 0.717) is 23.9 Å². The molecule has 0 fully saturated rings. The predicted molar refractivity (Wildman–Crippen MR) is 62.6 cm³/mol. The number of anilines is 1. The Balaban J connectivity index is 2.17. The summed E-state index contributed by atoms with van der Waals surface area (Å²) >= 11 is 0. The number of nitrogens with one attached hydrogen (secondary N) is 1. The lowest BCUT2D eigenvalue weighted by Gasteiger charge is -2.30. The molecule has 0 amide bonds. The molecule has 0 radical (unpaired) electrons. The van der Waals surface area contributed by atoms with Gasteiger partial charge in [0.2, 0.25) is 5.76 Å². The second-order valence-corrected chi connectivity index (χ2v) is 4.22. The van der Waals surface area contributed by atoms with Gasteiger partial charge in [-0.2, -0.15) is 0 Å². The van der Waals surface area contributed by atoms with Gasteiger partial charge in [-0.1, -0.05) is 13.8 Å². The molecule has 0 spiro atoms. The standard InChI is InChI=1S/C12H17NO4/c1-3-7(4-2)8-5-13-10-9(17-8)6-16-11(10)12(14)15/h6-8,13H,3-5H2,1-2H3,(H,14,15). The predicted octanol–water partition coefficient (Wildman–Crippen LogP) is 2.59. The SMILES string of the molecule is CCC(CC)C1CNc2c(coc2C(=O)O)O1. The van der Waals surface area contributed by atoms with Crippen molar-refractivity contribution in [3.63, 3.8) is 0 Å². The average Bonchev–Trinajstić information content (AvgIpc) is 2.73. The van der Waals surface area contributed by atoms with Gasteiger partial charge in [-0.3, -0.25) is 0 Å². The highest BCUT2D eigenvalue weighted by atomic mass is 16.5. The van der Waals surface area contributed by atoms with Crippen molar-refractivity contribution in [2.75, 3.05) is 11.9 Å². The summed E-state index contributed by atoms with van der Waals surface area (Å²) < 4.78 is 10.8. The number of carbonyl (C=O) groups is 1. The van der Waals surface area contributed by atoms with Gasteiger partial charge in [0.15, 0.2) is 5.75 Å². The van der Waals surface area contributed by atoms with Crippen LogP contribution in [0.15, 0.2) is 10.7 Å². The minimum absolute atomic E-state index is 0.0803. The number of aromatic carboxylic acids is 1. The molecule has 1 aliphatic rings. The second-order valence-electron chi connectivity index (χ2n) is 4.22. The third-order valence-corrected chi connectivity index (χ3v) is 3.28. The Morgan fingerprint density at radius 1 is 1.59 bits per heavy atom. The molecule has 1 atom stereocenters. The van der Waals surface area contributed by atoms with E-state index in [4.69, 9.17) is 14.3 Å². The minimum Gasteiger partial charge on any atom is -0.483 e. The van der Waals surface area contributed by atoms with Crippen molar-refractivity contribution in [2.45, 2.75) is 32.8 Å². The lowest BCUT2D eigenvalue weighted by molar-refractivity contribution is 0.0663. The number of rotatable bonds is 4. The Labute approximate surface area is 99.8 Å². The molecule has 0 bridgehead atoms. The smallest absolute Gasteiger partial charge is 0.374 e. The zero-order valence-corrected chi connectivity index (χ0v) is 10.0. The third kappa shape index (κ3) is 2.09. The van der Waals surface area contributed by atoms with E-state index in [1.165, 1.54) is 6.26 Å². The highest BCUT2D eigenvalue weighted by molar-refractivity contribution is 5.93. The van der Waals surface area contributed by atoms with E-state index in [1.54, 1.807) is 0 Å². The fraction of sp³-hybridized carbons (Fsp3) is 0.583. The summed E-state index contributed by atoms with van der Waals surface area (Å²) in [5, 5.41) is 12.0. The number of fused-ring (bicyclic) bond motifs is 1. The molecule has 5 nitrogen and oxygen atoms in total. The van der Waals surface area contributed by atoms with Crippen LogP contribution in [0.4, 0.5) is 5.69 Å². The average molecular weight is 239 g/mol. The molecule has 2 rings (SSSR count). The van der Waals surface area contributed by atoms with Crippen LogP contribution in [-0.2, 0) is 0 Å². The summed E-state index contributed by atoms with van der Waals surface area (Å²) in [7, 11) is 0. The molecule has 1 unspecified atom stereocenters. The molecule has 5 heteroatoms. The highest BCUT2D eigenvalue weighted by Crippen LogP contribution is 2.36. The maximum atomic E-state index is 10.9. The number of furan rings is 1. The number of hydrogen-bond donors (Lipinski definition) is 2. The molecule has 17 heavy (non-hydrogen) atoms. The molecule has 0 aromatic carbocycles. The summed E-state index contributed by atoms with van der Waals surface area (Å²) in [4.78, 5) is 10.9. The van der Waals surface area contributed by atoms with Gasteiger partial charge in [0.25, 0.3) is 0 Å². The lowest BCUT2D eigenvalue weighted by atomic mass is 9.95. The Bertz CT molecular complexity index is 409. The first kappa shape index (κ1) is 11.8. The first-order valence-electron chi connectivity index (χ1n) is 5.92. The van der Waals surface area contributed by atoms with Crippen LogP contribution in [-0.4, -0.2) is 23.7 Å². The zero-order chi connectivity index (χ0) is 12.4. The quantitative estimate of drug-likeness (QED) is 0.845. The lowest BCUT2D eigenvalue weighted by Crippen LogP contribution is -2.36. The van der Waals surface area contributed by atoms with Gasteiger partial charge >= 0.3 is 5.97 Å². The van der Waals surface area contributed by atoms with Crippen LogP contribution in [0.1, 0.15) is 37.2 Å². The molecule has 2 heterocycles. The van der Waals surface area contributed by atoms with Crippen molar-refractivity contribution >= 4 is 11.7 Å². The van der Waals surface area contributed by atoms with Gasteiger partial charge < -0.3 is 19.6 Å². The van der Waals surface area contributed by atoms with Crippen LogP contribution in [0.2, 0.25) is 0 Å². The van der Waals surface area contributed by atoms with E-state index in [1.807, 2.05) is 0 Å². The van der Waals surface area contributed by atoms with Crippen molar-refractivity contribution in [1.82, 2.24) is 0 Å². The summed E-state index contributed by atoms with van der Waals surface area (Å²) in [5.74, 6) is -0.185. The Kier molecular flexibility index (Phi) is 3.26. The van der Waals surface area contributed by atoms with Crippen LogP contribution in [0.3, 0.4) is 0 Å². The maximum absolute atomic E-state index is 10.9. The number of carboxylic acids is 1. The Morgan fingerprint density at radius 3 is 2.88 bits per heavy atom. The molecule has 94 valence electrons. The van der Waals surface area contributed by atoms with E-state index in [0.717, 1.165) is 12.8 Å². The molecular weight excluding hydrogens is 222 g/mol. The second kappa shape index (κ2) is 4.69. The Morgan fingerprint density at radius 2 is 2.29 bits per heavy atom. The molecule has 1 aliphatic heterocycles. The van der Waals surface area contributed by atoms with Crippen molar-refractivity contribution in [2.24, 2.45) is 5.92 Å². The van der Waals surface area contributed by atoms with E-state index < -0.39 is 5.97 Å². The van der Waals surface area contributed by atoms with Gasteiger partial charge in [0.1, 0.15) is 18.1 Å². The van der Waals surface area contributed by atoms with Crippen molar-refractivity contribution in [1.29, 1.82) is 0 Å². The summed E-state index contributed by atoms with van der Waals surface area (Å²) in [6.07, 6.45) is 3.53. The van der Waals surface area contributed by atoms with Crippen LogP contribution in [0.5, 0.6) is 5.75 Å². The summed E-state index contributed by atoms with van der Waals surface area (Å²) in [6.45, 7) is 4.88. The van der Waals surface area contributed by atoms with Gasteiger partial charge in [-0.25, -0.2) is 4.79 Å². The first-order valence-corrected chi connectivity index (χ1v) is 5.92.